The van der Waals surface area contributed by atoms with Gasteiger partial charge in [-0.05, 0) is 60.7 Å². The molecule has 0 aliphatic carbocycles. The van der Waals surface area contributed by atoms with Gasteiger partial charge in [-0.3, -0.25) is 4.79 Å². The van der Waals surface area contributed by atoms with E-state index in [2.05, 4.69) is 15.3 Å². The topological polar surface area (TPSA) is 67.0 Å². The van der Waals surface area contributed by atoms with E-state index in [-0.39, 0.29) is 5.91 Å². The summed E-state index contributed by atoms with van der Waals surface area (Å²) >= 11 is 5.88. The van der Waals surface area contributed by atoms with Crippen LogP contribution in [0.15, 0.2) is 79.0 Å². The molecule has 1 heterocycles. The lowest BCUT2D eigenvalue weighted by atomic mass is 10.1. The minimum atomic E-state index is -0.192. The maximum Gasteiger partial charge on any atom is 0.255 e. The van der Waals surface area contributed by atoms with Crippen LogP contribution in [0.2, 0.25) is 5.02 Å². The Kier molecular flexibility index (Phi) is 5.31. The lowest BCUT2D eigenvalue weighted by Gasteiger charge is -2.07. The first-order chi connectivity index (χ1) is 14.1. The molecule has 0 saturated heterocycles. The first-order valence-electron chi connectivity index (χ1n) is 8.99. The highest BCUT2D eigenvalue weighted by atomic mass is 35.5. The molecule has 144 valence electrons. The van der Waals surface area contributed by atoms with Crippen molar-refractivity contribution in [1.82, 2.24) is 9.97 Å². The Morgan fingerprint density at radius 1 is 1.00 bits per heavy atom. The number of hydrogen-bond acceptors (Lipinski definition) is 3. The molecule has 0 aliphatic heterocycles. The van der Waals surface area contributed by atoms with Crippen molar-refractivity contribution in [2.45, 2.75) is 0 Å². The van der Waals surface area contributed by atoms with Crippen molar-refractivity contribution in [1.29, 1.82) is 0 Å². The number of carbonyl (C=O) groups excluding carboxylic acids is 1. The largest absolute Gasteiger partial charge is 0.497 e. The number of carbonyl (C=O) groups is 1. The van der Waals surface area contributed by atoms with Crippen LogP contribution in [0.4, 0.5) is 5.69 Å². The fraction of sp³-hybridized carbons (Fsp3) is 0.0435. The second kappa shape index (κ2) is 8.20. The number of anilines is 1. The Labute approximate surface area is 173 Å². The third-order valence-electron chi connectivity index (χ3n) is 4.48. The molecular formula is C23H18ClN3O2. The molecule has 0 bridgehead atoms. The van der Waals surface area contributed by atoms with Gasteiger partial charge in [-0.15, -0.1) is 0 Å². The van der Waals surface area contributed by atoms with E-state index in [1.165, 1.54) is 0 Å². The van der Waals surface area contributed by atoms with Gasteiger partial charge in [-0.1, -0.05) is 23.7 Å². The van der Waals surface area contributed by atoms with E-state index in [0.717, 1.165) is 28.4 Å². The monoisotopic (exact) mass is 403 g/mol. The zero-order valence-electron chi connectivity index (χ0n) is 15.6. The van der Waals surface area contributed by atoms with Gasteiger partial charge in [0.25, 0.3) is 5.91 Å². The summed E-state index contributed by atoms with van der Waals surface area (Å²) in [7, 11) is 1.64. The summed E-state index contributed by atoms with van der Waals surface area (Å²) < 4.78 is 5.19. The standard InChI is InChI=1S/C23H18ClN3O2/c1-29-20-11-7-15(8-12-20)22-25-14-21(27-22)17-3-2-4-19(13-17)26-23(28)16-5-9-18(24)10-6-16/h2-14H,1H3,(H,25,27)(H,26,28). The first-order valence-corrected chi connectivity index (χ1v) is 9.37. The average Bonchev–Trinajstić information content (AvgIpc) is 3.25. The van der Waals surface area contributed by atoms with E-state index < -0.39 is 0 Å². The Bertz CT molecular complexity index is 1140. The number of nitrogens with zero attached hydrogens (tertiary/aromatic N) is 1. The lowest BCUT2D eigenvalue weighted by Crippen LogP contribution is -2.11. The number of amides is 1. The predicted molar refractivity (Wildman–Crippen MR) is 115 cm³/mol. The number of halogens is 1. The molecule has 3 aromatic carbocycles. The highest BCUT2D eigenvalue weighted by Crippen LogP contribution is 2.25. The molecule has 0 aliphatic rings. The van der Waals surface area contributed by atoms with Gasteiger partial charge in [0.1, 0.15) is 11.6 Å². The lowest BCUT2D eigenvalue weighted by molar-refractivity contribution is 0.102. The fourth-order valence-electron chi connectivity index (χ4n) is 2.93. The molecule has 0 spiro atoms. The van der Waals surface area contributed by atoms with E-state index in [1.807, 2.05) is 48.5 Å². The predicted octanol–water partition coefficient (Wildman–Crippen LogP) is 5.66. The average molecular weight is 404 g/mol. The molecular weight excluding hydrogens is 386 g/mol. The van der Waals surface area contributed by atoms with Crippen LogP contribution in [0.1, 0.15) is 10.4 Å². The van der Waals surface area contributed by atoms with E-state index in [0.29, 0.717) is 16.3 Å². The van der Waals surface area contributed by atoms with E-state index >= 15 is 0 Å². The van der Waals surface area contributed by atoms with Crippen molar-refractivity contribution in [3.05, 3.63) is 89.6 Å². The first kappa shape index (κ1) is 18.8. The number of aromatic nitrogens is 2. The number of hydrogen-bond donors (Lipinski definition) is 2. The fourth-order valence-corrected chi connectivity index (χ4v) is 3.06. The second-order valence-corrected chi connectivity index (χ2v) is 6.85. The Morgan fingerprint density at radius 3 is 2.48 bits per heavy atom. The van der Waals surface area contributed by atoms with E-state index in [4.69, 9.17) is 16.3 Å². The number of methoxy groups -OCH3 is 1. The molecule has 1 aromatic heterocycles. The van der Waals surface area contributed by atoms with Crippen LogP contribution < -0.4 is 10.1 Å². The number of aromatic amines is 1. The third-order valence-corrected chi connectivity index (χ3v) is 4.73. The minimum Gasteiger partial charge on any atom is -0.497 e. The highest BCUT2D eigenvalue weighted by molar-refractivity contribution is 6.30. The molecule has 29 heavy (non-hydrogen) atoms. The number of imidazole rings is 1. The van der Waals surface area contributed by atoms with Crippen molar-refractivity contribution in [3.63, 3.8) is 0 Å². The summed E-state index contributed by atoms with van der Waals surface area (Å²) in [5, 5.41) is 3.50. The van der Waals surface area contributed by atoms with Crippen molar-refractivity contribution in [2.24, 2.45) is 0 Å². The van der Waals surface area contributed by atoms with Gasteiger partial charge >= 0.3 is 0 Å². The van der Waals surface area contributed by atoms with E-state index in [1.54, 1.807) is 37.6 Å². The van der Waals surface area contributed by atoms with Gasteiger partial charge in [-0.25, -0.2) is 4.98 Å². The summed E-state index contributed by atoms with van der Waals surface area (Å²) in [6.45, 7) is 0. The normalized spacial score (nSPS) is 10.6. The van der Waals surface area contributed by atoms with Crippen LogP contribution in [0, 0.1) is 0 Å². The Hall–Kier alpha value is -3.57. The number of ether oxygens (including phenoxy) is 1. The summed E-state index contributed by atoms with van der Waals surface area (Å²) in [5.74, 6) is 1.37. The SMILES string of the molecule is COc1ccc(-c2ncc(-c3cccc(NC(=O)c4ccc(Cl)cc4)c3)[nH]2)cc1. The molecule has 0 atom stereocenters. The van der Waals surface area contributed by atoms with Gasteiger partial charge in [0.15, 0.2) is 0 Å². The quantitative estimate of drug-likeness (QED) is 0.452. The van der Waals surface area contributed by atoms with Gasteiger partial charge < -0.3 is 15.0 Å². The van der Waals surface area contributed by atoms with Crippen molar-refractivity contribution < 1.29 is 9.53 Å². The van der Waals surface area contributed by atoms with Crippen molar-refractivity contribution >= 4 is 23.2 Å². The van der Waals surface area contributed by atoms with Gasteiger partial charge in [0.05, 0.1) is 19.0 Å². The number of rotatable bonds is 5. The minimum absolute atomic E-state index is 0.192. The maximum absolute atomic E-state index is 12.4. The number of benzene rings is 3. The second-order valence-electron chi connectivity index (χ2n) is 6.42. The molecule has 4 aromatic rings. The molecule has 0 fully saturated rings. The van der Waals surface area contributed by atoms with Crippen LogP contribution in [-0.2, 0) is 0 Å². The van der Waals surface area contributed by atoms with Crippen LogP contribution in [-0.4, -0.2) is 23.0 Å². The summed E-state index contributed by atoms with van der Waals surface area (Å²) in [5.41, 5.74) is 3.99. The van der Waals surface area contributed by atoms with Gasteiger partial charge in [0, 0.05) is 27.4 Å². The molecule has 0 saturated carbocycles. The third kappa shape index (κ3) is 4.31. The van der Waals surface area contributed by atoms with Crippen LogP contribution in [0.5, 0.6) is 5.75 Å². The van der Waals surface area contributed by atoms with Crippen molar-refractivity contribution in [2.75, 3.05) is 12.4 Å². The highest BCUT2D eigenvalue weighted by Gasteiger charge is 2.09. The van der Waals surface area contributed by atoms with Gasteiger partial charge in [-0.2, -0.15) is 0 Å². The smallest absolute Gasteiger partial charge is 0.255 e. The summed E-state index contributed by atoms with van der Waals surface area (Å²) in [6, 6.07) is 22.1. The Balaban J connectivity index is 1.53. The van der Waals surface area contributed by atoms with Gasteiger partial charge in [0.2, 0.25) is 0 Å². The Morgan fingerprint density at radius 2 is 1.76 bits per heavy atom. The number of H-pyrrole nitrogens is 1. The zero-order chi connectivity index (χ0) is 20.2. The number of nitrogens with one attached hydrogen (secondary N) is 2. The molecule has 2 N–H and O–H groups in total. The van der Waals surface area contributed by atoms with Crippen LogP contribution in [0.25, 0.3) is 22.6 Å². The molecule has 4 rings (SSSR count). The van der Waals surface area contributed by atoms with Crippen molar-refractivity contribution in [3.8, 4) is 28.4 Å². The van der Waals surface area contributed by atoms with Crippen LogP contribution in [0.3, 0.4) is 0 Å². The maximum atomic E-state index is 12.4. The molecule has 5 nitrogen and oxygen atoms in total. The molecule has 6 heteroatoms. The zero-order valence-corrected chi connectivity index (χ0v) is 16.4. The summed E-state index contributed by atoms with van der Waals surface area (Å²) in [4.78, 5) is 20.2. The summed E-state index contributed by atoms with van der Waals surface area (Å²) in [6.07, 6.45) is 1.78. The molecule has 0 unspecified atom stereocenters. The molecule has 0 radical (unpaired) electrons. The van der Waals surface area contributed by atoms with Crippen LogP contribution >= 0.6 is 11.6 Å². The molecule has 1 amide bonds. The van der Waals surface area contributed by atoms with E-state index in [9.17, 15) is 4.79 Å².